The van der Waals surface area contributed by atoms with Crippen molar-refractivity contribution in [1.29, 1.82) is 0 Å². The monoisotopic (exact) mass is 367 g/mol. The minimum Gasteiger partial charge on any atom is -0.377 e. The molecule has 1 heterocycles. The number of nitrogens with zero attached hydrogens (tertiary/aromatic N) is 1. The predicted octanol–water partition coefficient (Wildman–Crippen LogP) is 3.33. The van der Waals surface area contributed by atoms with Crippen LogP contribution in [0.2, 0.25) is 0 Å². The molecule has 0 amide bonds. The van der Waals surface area contributed by atoms with Crippen LogP contribution in [0.5, 0.6) is 0 Å². The molecule has 1 aromatic carbocycles. The topological polar surface area (TPSA) is 45.7 Å². The van der Waals surface area contributed by atoms with Gasteiger partial charge in [-0.1, -0.05) is 24.6 Å². The summed E-state index contributed by atoms with van der Waals surface area (Å²) in [4.78, 5) is 4.23. The molecule has 3 unspecified atom stereocenters. The molecule has 1 saturated heterocycles. The predicted molar refractivity (Wildman–Crippen MR) is 92.7 cm³/mol. The summed E-state index contributed by atoms with van der Waals surface area (Å²) in [5, 5.41) is 6.53. The molecule has 0 radical (unpaired) electrons. The maximum atomic E-state index is 13.1. The van der Waals surface area contributed by atoms with E-state index in [0.717, 1.165) is 31.9 Å². The minimum absolute atomic E-state index is 0.0830. The number of ether oxygens (including phenoxy) is 1. The van der Waals surface area contributed by atoms with Crippen molar-refractivity contribution in [2.75, 3.05) is 13.7 Å². The molecule has 1 aromatic rings. The molecular formula is C19H24F3N3O. The first-order chi connectivity index (χ1) is 12.5. The van der Waals surface area contributed by atoms with Gasteiger partial charge in [0.15, 0.2) is 5.96 Å². The van der Waals surface area contributed by atoms with E-state index in [1.54, 1.807) is 13.1 Å². The Morgan fingerprint density at radius 1 is 1.31 bits per heavy atom. The van der Waals surface area contributed by atoms with Gasteiger partial charge < -0.3 is 15.4 Å². The first-order valence-corrected chi connectivity index (χ1v) is 9.19. The van der Waals surface area contributed by atoms with Crippen molar-refractivity contribution in [3.63, 3.8) is 0 Å². The first-order valence-electron chi connectivity index (χ1n) is 9.19. The number of aliphatic imine (C=N–C) groups is 1. The molecule has 3 aliphatic rings. The molecule has 0 aromatic heterocycles. The number of alkyl halides is 3. The fourth-order valence-corrected chi connectivity index (χ4v) is 4.93. The van der Waals surface area contributed by atoms with Gasteiger partial charge in [-0.2, -0.15) is 13.2 Å². The molecule has 1 aliphatic heterocycles. The third-order valence-electron chi connectivity index (χ3n) is 6.32. The van der Waals surface area contributed by atoms with Gasteiger partial charge in [0.1, 0.15) is 0 Å². The number of halogens is 3. The highest BCUT2D eigenvalue weighted by Gasteiger charge is 2.66. The van der Waals surface area contributed by atoms with Crippen LogP contribution < -0.4 is 10.6 Å². The van der Waals surface area contributed by atoms with Gasteiger partial charge in [-0.15, -0.1) is 0 Å². The second kappa shape index (κ2) is 6.44. The molecule has 3 fully saturated rings. The number of rotatable bonds is 3. The molecule has 4 rings (SSSR count). The number of nitrogens with one attached hydrogen (secondary N) is 2. The zero-order chi connectivity index (χ0) is 18.4. The average Bonchev–Trinajstić information content (AvgIpc) is 2.98. The number of hydrogen-bond donors (Lipinski definition) is 2. The van der Waals surface area contributed by atoms with Crippen molar-refractivity contribution in [3.05, 3.63) is 35.4 Å². The second-order valence-electron chi connectivity index (χ2n) is 7.53. The lowest BCUT2D eigenvalue weighted by atomic mass is 9.46. The molecular weight excluding hydrogens is 343 g/mol. The summed E-state index contributed by atoms with van der Waals surface area (Å²) in [6, 6.07) is 5.95. The zero-order valence-electron chi connectivity index (χ0n) is 14.8. The van der Waals surface area contributed by atoms with Crippen molar-refractivity contribution < 1.29 is 17.9 Å². The van der Waals surface area contributed by atoms with Crippen molar-refractivity contribution in [3.8, 4) is 0 Å². The molecule has 142 valence electrons. The standard InChI is InChI=1S/C19H24F3N3O/c1-23-17(24-11-12-5-2-3-6-14(12)19(20,21)22)25-15-13-7-10-26-16(13)18(15)8-4-9-18/h2-3,5-6,13,15-16H,4,7-11H2,1H3,(H2,23,24,25). The van der Waals surface area contributed by atoms with Crippen molar-refractivity contribution in [2.24, 2.45) is 16.3 Å². The van der Waals surface area contributed by atoms with E-state index < -0.39 is 11.7 Å². The lowest BCUT2D eigenvalue weighted by Gasteiger charge is -2.63. The molecule has 2 N–H and O–H groups in total. The van der Waals surface area contributed by atoms with Gasteiger partial charge in [-0.3, -0.25) is 4.99 Å². The molecule has 26 heavy (non-hydrogen) atoms. The highest BCUT2D eigenvalue weighted by atomic mass is 19.4. The normalized spacial score (nSPS) is 29.7. The van der Waals surface area contributed by atoms with Crippen LogP contribution in [0.3, 0.4) is 0 Å². The van der Waals surface area contributed by atoms with Crippen molar-refractivity contribution in [2.45, 2.75) is 50.6 Å². The van der Waals surface area contributed by atoms with E-state index in [9.17, 15) is 13.2 Å². The summed E-state index contributed by atoms with van der Waals surface area (Å²) in [5.74, 6) is 1.04. The Bertz CT molecular complexity index is 700. The number of guanidine groups is 1. The first kappa shape index (κ1) is 17.6. The minimum atomic E-state index is -4.35. The third kappa shape index (κ3) is 2.76. The van der Waals surface area contributed by atoms with Crippen LogP contribution in [0, 0.1) is 11.3 Å². The van der Waals surface area contributed by atoms with Gasteiger partial charge in [0.25, 0.3) is 0 Å². The quantitative estimate of drug-likeness (QED) is 0.636. The van der Waals surface area contributed by atoms with E-state index in [4.69, 9.17) is 4.74 Å². The molecule has 0 bridgehead atoms. The van der Waals surface area contributed by atoms with Crippen molar-refractivity contribution >= 4 is 5.96 Å². The van der Waals surface area contributed by atoms with Crippen molar-refractivity contribution in [1.82, 2.24) is 10.6 Å². The van der Waals surface area contributed by atoms with Gasteiger partial charge in [0.05, 0.1) is 11.7 Å². The average molecular weight is 367 g/mol. The Morgan fingerprint density at radius 3 is 2.73 bits per heavy atom. The van der Waals surface area contributed by atoms with Crippen LogP contribution in [-0.2, 0) is 17.5 Å². The lowest BCUT2D eigenvalue weighted by Crippen LogP contribution is -2.72. The Morgan fingerprint density at radius 2 is 2.08 bits per heavy atom. The van der Waals surface area contributed by atoms with Gasteiger partial charge in [-0.05, 0) is 30.9 Å². The molecule has 1 spiro atoms. The fraction of sp³-hybridized carbons (Fsp3) is 0.632. The summed E-state index contributed by atoms with van der Waals surface area (Å²) in [6.45, 7) is 0.889. The van der Waals surface area contributed by atoms with E-state index in [1.165, 1.54) is 18.6 Å². The Hall–Kier alpha value is -1.76. The largest absolute Gasteiger partial charge is 0.416 e. The van der Waals surface area contributed by atoms with E-state index in [-0.39, 0.29) is 17.5 Å². The van der Waals surface area contributed by atoms with Crippen LogP contribution in [-0.4, -0.2) is 31.8 Å². The molecule has 2 saturated carbocycles. The second-order valence-corrected chi connectivity index (χ2v) is 7.53. The van der Waals surface area contributed by atoms with Gasteiger partial charge >= 0.3 is 6.18 Å². The number of fused-ring (bicyclic) bond motifs is 2. The van der Waals surface area contributed by atoms with Crippen LogP contribution >= 0.6 is 0 Å². The van der Waals surface area contributed by atoms with Gasteiger partial charge in [0.2, 0.25) is 0 Å². The van der Waals surface area contributed by atoms with Gasteiger partial charge in [-0.25, -0.2) is 0 Å². The van der Waals surface area contributed by atoms with E-state index in [1.807, 2.05) is 0 Å². The van der Waals surface area contributed by atoms with Crippen LogP contribution in [0.1, 0.15) is 36.8 Å². The van der Waals surface area contributed by atoms with E-state index >= 15 is 0 Å². The number of benzene rings is 1. The molecule has 3 atom stereocenters. The maximum absolute atomic E-state index is 13.1. The maximum Gasteiger partial charge on any atom is 0.416 e. The Balaban J connectivity index is 1.42. The van der Waals surface area contributed by atoms with E-state index in [0.29, 0.717) is 24.0 Å². The summed E-state index contributed by atoms with van der Waals surface area (Å²) in [6.07, 6.45) is 0.554. The smallest absolute Gasteiger partial charge is 0.377 e. The summed E-state index contributed by atoms with van der Waals surface area (Å²) >= 11 is 0. The molecule has 4 nitrogen and oxygen atoms in total. The zero-order valence-corrected chi connectivity index (χ0v) is 14.8. The molecule has 2 aliphatic carbocycles. The summed E-state index contributed by atoms with van der Waals surface area (Å²) in [5.41, 5.74) is -0.189. The number of hydrogen-bond acceptors (Lipinski definition) is 2. The van der Waals surface area contributed by atoms with E-state index in [2.05, 4.69) is 15.6 Å². The van der Waals surface area contributed by atoms with Crippen LogP contribution in [0.15, 0.2) is 29.3 Å². The SMILES string of the molecule is CN=C(NCc1ccccc1C(F)(F)F)NC1C2CCOC2C12CCC2. The highest BCUT2D eigenvalue weighted by molar-refractivity contribution is 5.80. The van der Waals surface area contributed by atoms with Gasteiger partial charge in [0, 0.05) is 37.6 Å². The van der Waals surface area contributed by atoms with Crippen LogP contribution in [0.25, 0.3) is 0 Å². The summed E-state index contributed by atoms with van der Waals surface area (Å²) in [7, 11) is 1.65. The lowest BCUT2D eigenvalue weighted by molar-refractivity contribution is -0.171. The highest BCUT2D eigenvalue weighted by Crippen LogP contribution is 2.62. The summed E-state index contributed by atoms with van der Waals surface area (Å²) < 4.78 is 45.3. The molecule has 7 heteroatoms. The van der Waals surface area contributed by atoms with Crippen LogP contribution in [0.4, 0.5) is 13.2 Å². The Labute approximate surface area is 151 Å². The fourth-order valence-electron chi connectivity index (χ4n) is 4.93. The Kier molecular flexibility index (Phi) is 4.37. The third-order valence-corrected chi connectivity index (χ3v) is 6.32.